The molecule has 2 rings (SSSR count). The minimum absolute atomic E-state index is 0.163. The Balaban J connectivity index is 2.52. The summed E-state index contributed by atoms with van der Waals surface area (Å²) >= 11 is 9.11. The van der Waals surface area contributed by atoms with Gasteiger partial charge in [0.05, 0.1) is 6.20 Å². The Morgan fingerprint density at radius 2 is 2.36 bits per heavy atom. The molecule has 2 heterocycles. The number of quaternary nitrogens is 1. The van der Waals surface area contributed by atoms with E-state index in [0.29, 0.717) is 10.6 Å². The number of rotatable bonds is 0. The van der Waals surface area contributed by atoms with Gasteiger partial charge in [-0.05, 0) is 9.21 Å². The van der Waals surface area contributed by atoms with Gasteiger partial charge in [-0.3, -0.25) is 4.99 Å². The average molecular weight is 234 g/mol. The van der Waals surface area contributed by atoms with Gasteiger partial charge in [0, 0.05) is 15.9 Å². The van der Waals surface area contributed by atoms with Crippen LogP contribution in [-0.2, 0) is 0 Å². The molecule has 0 saturated heterocycles. The van der Waals surface area contributed by atoms with Crippen molar-refractivity contribution in [2.45, 2.75) is 0 Å². The van der Waals surface area contributed by atoms with Crippen LogP contribution in [0.5, 0.6) is 0 Å². The summed E-state index contributed by atoms with van der Waals surface area (Å²) in [5.74, 6) is 0.598. The maximum Gasteiger partial charge on any atom is 0.299 e. The van der Waals surface area contributed by atoms with Gasteiger partial charge >= 0.3 is 0 Å². The molecule has 0 N–H and O–H groups in total. The fourth-order valence-corrected chi connectivity index (χ4v) is 1.54. The van der Waals surface area contributed by atoms with Crippen LogP contribution in [0.3, 0.4) is 0 Å². The number of nitrogens with zero attached hydrogens (tertiary/aromatic N) is 4. The summed E-state index contributed by atoms with van der Waals surface area (Å²) in [5, 5.41) is 4.00. The fourth-order valence-electron chi connectivity index (χ4n) is 0.814. The molecule has 0 aromatic heterocycles. The van der Waals surface area contributed by atoms with E-state index >= 15 is 0 Å². The molecule has 0 aromatic rings. The standard InChI is InChI=1S/C5H3BrClN4/c6-5-9-4-3-8-1-2-11(4,7)10-5/h1-3H/q+1. The number of hydrogen-bond donors (Lipinski definition) is 0. The highest BCUT2D eigenvalue weighted by molar-refractivity contribution is 9.18. The second kappa shape index (κ2) is 2.23. The Kier molecular flexibility index (Phi) is 1.45. The second-order valence-electron chi connectivity index (χ2n) is 2.02. The van der Waals surface area contributed by atoms with E-state index in [1.54, 1.807) is 18.6 Å². The van der Waals surface area contributed by atoms with Gasteiger partial charge in [-0.2, -0.15) is 4.99 Å². The first-order valence-corrected chi connectivity index (χ1v) is 3.98. The van der Waals surface area contributed by atoms with E-state index in [4.69, 9.17) is 11.8 Å². The molecule has 4 nitrogen and oxygen atoms in total. The quantitative estimate of drug-likeness (QED) is 0.451. The molecule has 1 atom stereocenters. The average Bonchev–Trinajstić information content (AvgIpc) is 2.22. The molecule has 0 amide bonds. The highest BCUT2D eigenvalue weighted by Crippen LogP contribution is 2.25. The Bertz CT molecular complexity index is 318. The molecule has 0 saturated carbocycles. The Morgan fingerprint density at radius 1 is 1.55 bits per heavy atom. The molecule has 0 aliphatic carbocycles. The molecule has 0 aromatic carbocycles. The van der Waals surface area contributed by atoms with Crippen molar-refractivity contribution in [2.75, 3.05) is 0 Å². The largest absolute Gasteiger partial charge is 0.299 e. The van der Waals surface area contributed by atoms with Gasteiger partial charge in [0.15, 0.2) is 6.20 Å². The zero-order chi connectivity index (χ0) is 7.90. The molecule has 2 aliphatic rings. The van der Waals surface area contributed by atoms with Gasteiger partial charge in [0.2, 0.25) is 11.8 Å². The van der Waals surface area contributed by atoms with Crippen LogP contribution >= 0.6 is 27.7 Å². The molecular formula is C5H3BrClN4+. The smallest absolute Gasteiger partial charge is 0.251 e. The van der Waals surface area contributed by atoms with Crippen molar-refractivity contribution in [3.8, 4) is 0 Å². The van der Waals surface area contributed by atoms with E-state index in [9.17, 15) is 0 Å². The monoisotopic (exact) mass is 233 g/mol. The number of amidine groups is 2. The molecular weight excluding hydrogens is 231 g/mol. The first-order chi connectivity index (χ1) is 5.21. The first kappa shape index (κ1) is 7.15. The SMILES string of the molecule is Cl[N+]12C=CN=CC1=NC(Br)=N2. The van der Waals surface area contributed by atoms with Crippen LogP contribution < -0.4 is 0 Å². The lowest BCUT2D eigenvalue weighted by Gasteiger charge is -2.11. The zero-order valence-electron chi connectivity index (χ0n) is 5.28. The Morgan fingerprint density at radius 3 is 3.09 bits per heavy atom. The minimum atomic E-state index is -0.163. The Labute approximate surface area is 76.4 Å². The predicted octanol–water partition coefficient (Wildman–Crippen LogP) is 1.59. The van der Waals surface area contributed by atoms with Gasteiger partial charge in [-0.25, -0.2) is 0 Å². The maximum absolute atomic E-state index is 5.98. The van der Waals surface area contributed by atoms with Crippen LogP contribution in [0.2, 0.25) is 0 Å². The number of fused-ring (bicyclic) bond motifs is 1. The molecule has 1 unspecified atom stereocenters. The van der Waals surface area contributed by atoms with Crippen molar-refractivity contribution in [1.82, 2.24) is 0 Å². The van der Waals surface area contributed by atoms with Crippen LogP contribution in [-0.4, -0.2) is 20.9 Å². The van der Waals surface area contributed by atoms with Crippen molar-refractivity contribution in [2.24, 2.45) is 15.1 Å². The van der Waals surface area contributed by atoms with Crippen LogP contribution in [0.4, 0.5) is 0 Å². The summed E-state index contributed by atoms with van der Waals surface area (Å²) in [4.78, 5) is 7.87. The number of aliphatic imine (C=N–C) groups is 2. The zero-order valence-corrected chi connectivity index (χ0v) is 7.62. The third-order valence-corrected chi connectivity index (χ3v) is 1.99. The molecule has 0 fully saturated rings. The first-order valence-electron chi connectivity index (χ1n) is 2.85. The lowest BCUT2D eigenvalue weighted by molar-refractivity contribution is -0.659. The van der Waals surface area contributed by atoms with E-state index in [2.05, 4.69) is 31.0 Å². The molecule has 56 valence electrons. The fraction of sp³-hybridized carbons (Fsp3) is 0. The molecule has 6 heteroatoms. The van der Waals surface area contributed by atoms with Crippen molar-refractivity contribution >= 4 is 44.5 Å². The predicted molar refractivity (Wildman–Crippen MR) is 47.5 cm³/mol. The molecule has 2 aliphatic heterocycles. The van der Waals surface area contributed by atoms with E-state index in [1.807, 2.05) is 0 Å². The van der Waals surface area contributed by atoms with Crippen LogP contribution in [0.25, 0.3) is 0 Å². The van der Waals surface area contributed by atoms with Gasteiger partial charge in [-0.1, -0.05) is 0 Å². The van der Waals surface area contributed by atoms with Crippen molar-refractivity contribution in [3.63, 3.8) is 0 Å². The molecule has 0 radical (unpaired) electrons. The third kappa shape index (κ3) is 1.05. The minimum Gasteiger partial charge on any atom is -0.251 e. The van der Waals surface area contributed by atoms with E-state index in [0.717, 1.165) is 0 Å². The topological polar surface area (TPSA) is 37.1 Å². The van der Waals surface area contributed by atoms with E-state index < -0.39 is 0 Å². The lowest BCUT2D eigenvalue weighted by Crippen LogP contribution is -2.33. The summed E-state index contributed by atoms with van der Waals surface area (Å²) in [6, 6.07) is 0. The third-order valence-electron chi connectivity index (χ3n) is 1.30. The van der Waals surface area contributed by atoms with Crippen molar-refractivity contribution in [3.05, 3.63) is 12.4 Å². The van der Waals surface area contributed by atoms with Crippen LogP contribution in [0.15, 0.2) is 27.5 Å². The second-order valence-corrected chi connectivity index (χ2v) is 3.24. The van der Waals surface area contributed by atoms with Crippen molar-refractivity contribution < 1.29 is 4.11 Å². The normalized spacial score (nSPS) is 33.3. The summed E-state index contributed by atoms with van der Waals surface area (Å²) < 4.78 is 0.324. The van der Waals surface area contributed by atoms with Gasteiger partial charge in [-0.15, -0.1) is 0 Å². The Hall–Kier alpha value is -0.520. The van der Waals surface area contributed by atoms with E-state index in [-0.39, 0.29) is 4.11 Å². The molecule has 11 heavy (non-hydrogen) atoms. The highest BCUT2D eigenvalue weighted by atomic mass is 79.9. The summed E-state index contributed by atoms with van der Waals surface area (Å²) in [5.41, 5.74) is 0. The van der Waals surface area contributed by atoms with Crippen LogP contribution in [0, 0.1) is 0 Å². The highest BCUT2D eigenvalue weighted by Gasteiger charge is 2.38. The summed E-state index contributed by atoms with van der Waals surface area (Å²) in [6.45, 7) is 0. The van der Waals surface area contributed by atoms with Gasteiger partial charge < -0.3 is 0 Å². The molecule has 0 spiro atoms. The number of halogens is 2. The summed E-state index contributed by atoms with van der Waals surface area (Å²) in [7, 11) is 0. The van der Waals surface area contributed by atoms with E-state index in [1.165, 1.54) is 0 Å². The van der Waals surface area contributed by atoms with Crippen LogP contribution in [0.1, 0.15) is 0 Å². The van der Waals surface area contributed by atoms with Crippen molar-refractivity contribution in [1.29, 1.82) is 0 Å². The maximum atomic E-state index is 5.98. The van der Waals surface area contributed by atoms with Gasteiger partial charge in [0.25, 0.3) is 10.6 Å². The number of hydrogen-bond acceptors (Lipinski definition) is 3. The lowest BCUT2D eigenvalue weighted by atomic mass is 10.5. The van der Waals surface area contributed by atoms with Gasteiger partial charge in [0.1, 0.15) is 6.21 Å². The molecule has 0 bridgehead atoms. The summed E-state index contributed by atoms with van der Waals surface area (Å²) in [6.07, 6.45) is 4.79.